The first kappa shape index (κ1) is 29.3. The van der Waals surface area contributed by atoms with Gasteiger partial charge in [-0.1, -0.05) is 12.1 Å². The third-order valence-corrected chi connectivity index (χ3v) is 9.07. The molecule has 15 heteroatoms. The summed E-state index contributed by atoms with van der Waals surface area (Å²) in [4.78, 5) is 23.0. The van der Waals surface area contributed by atoms with Crippen molar-refractivity contribution in [3.8, 4) is 5.75 Å². The number of nitrogens with zero attached hydrogens (tertiary/aromatic N) is 5. The van der Waals surface area contributed by atoms with Gasteiger partial charge in [0.1, 0.15) is 0 Å². The predicted molar refractivity (Wildman–Crippen MR) is 157 cm³/mol. The van der Waals surface area contributed by atoms with E-state index in [4.69, 9.17) is 19.4 Å². The fourth-order valence-electron chi connectivity index (χ4n) is 4.46. The lowest BCUT2D eigenvalue weighted by atomic mass is 10.2. The third kappa shape index (κ3) is 6.64. The molecule has 0 amide bonds. The molecule has 2 aromatic heterocycles. The van der Waals surface area contributed by atoms with Gasteiger partial charge in [-0.05, 0) is 55.4 Å². The molecule has 3 heterocycles. The summed E-state index contributed by atoms with van der Waals surface area (Å²) in [6.07, 6.45) is 0. The lowest BCUT2D eigenvalue weighted by Gasteiger charge is -2.35. The molecule has 0 spiro atoms. The minimum Gasteiger partial charge on any atom is -0.490 e. The van der Waals surface area contributed by atoms with Crippen LogP contribution in [0.15, 0.2) is 69.5 Å². The highest BCUT2D eigenvalue weighted by molar-refractivity contribution is 7.99. The maximum Gasteiger partial charge on any atom is 0.269 e. The molecule has 0 aliphatic carbocycles. The van der Waals surface area contributed by atoms with Crippen LogP contribution in [0, 0.1) is 17.0 Å². The molecule has 2 aromatic carbocycles. The number of non-ortho nitro benzene ring substituents is 1. The van der Waals surface area contributed by atoms with Crippen LogP contribution in [-0.4, -0.2) is 66.4 Å². The number of H-pyrrole nitrogens is 1. The maximum atomic E-state index is 13.0. The molecule has 220 valence electrons. The van der Waals surface area contributed by atoms with E-state index in [1.807, 2.05) is 19.9 Å². The highest BCUT2D eigenvalue weighted by atomic mass is 32.2. The zero-order chi connectivity index (χ0) is 29.9. The van der Waals surface area contributed by atoms with Crippen LogP contribution >= 0.6 is 11.8 Å². The second-order valence-corrected chi connectivity index (χ2v) is 12.7. The summed E-state index contributed by atoms with van der Waals surface area (Å²) < 4.78 is 37.5. The molecule has 0 saturated carbocycles. The van der Waals surface area contributed by atoms with Crippen molar-refractivity contribution >= 4 is 44.7 Å². The third-order valence-electron chi connectivity index (χ3n) is 6.49. The molecule has 1 aliphatic heterocycles. The first-order valence-electron chi connectivity index (χ1n) is 13.0. The number of morpholine rings is 1. The van der Waals surface area contributed by atoms with Crippen LogP contribution in [0.5, 0.6) is 5.75 Å². The van der Waals surface area contributed by atoms with Crippen LogP contribution in [0.1, 0.15) is 18.2 Å². The van der Waals surface area contributed by atoms with Gasteiger partial charge in [-0.2, -0.15) is 5.10 Å². The molecule has 2 N–H and O–H groups in total. The molecular weight excluding hydrogens is 582 g/mol. The number of rotatable bonds is 10. The van der Waals surface area contributed by atoms with Crippen molar-refractivity contribution in [1.29, 1.82) is 0 Å². The topological polar surface area (TPSA) is 165 Å². The second-order valence-electron chi connectivity index (χ2n) is 9.65. The van der Waals surface area contributed by atoms with Gasteiger partial charge in [0.2, 0.25) is 5.75 Å². The fraction of sp³-hybridized carbons (Fsp3) is 0.296. The molecule has 13 nitrogen and oxygen atoms in total. The molecule has 42 heavy (non-hydrogen) atoms. The van der Waals surface area contributed by atoms with Crippen LogP contribution < -0.4 is 15.0 Å². The zero-order valence-electron chi connectivity index (χ0n) is 23.1. The Morgan fingerprint density at radius 2 is 2.00 bits per heavy atom. The van der Waals surface area contributed by atoms with Gasteiger partial charge in [-0.25, -0.2) is 18.4 Å². The van der Waals surface area contributed by atoms with Gasteiger partial charge in [0.05, 0.1) is 41.9 Å². The number of nitro groups is 1. The van der Waals surface area contributed by atoms with Crippen molar-refractivity contribution < 1.29 is 22.8 Å². The number of aromatic amines is 1. The van der Waals surface area contributed by atoms with Gasteiger partial charge >= 0.3 is 0 Å². The summed E-state index contributed by atoms with van der Waals surface area (Å²) in [6.45, 7) is 5.66. The monoisotopic (exact) mass is 611 g/mol. The Bertz CT molecular complexity index is 1700. The average Bonchev–Trinajstić information content (AvgIpc) is 3.37. The van der Waals surface area contributed by atoms with E-state index in [1.54, 1.807) is 25.3 Å². The number of ether oxygens (including phenoxy) is 2. The number of aromatic nitrogens is 4. The van der Waals surface area contributed by atoms with Crippen LogP contribution in [0.25, 0.3) is 0 Å². The number of methoxy groups -OCH3 is 1. The maximum absolute atomic E-state index is 13.0. The van der Waals surface area contributed by atoms with Crippen LogP contribution in [0.3, 0.4) is 0 Å². The fourth-order valence-corrected chi connectivity index (χ4v) is 6.55. The highest BCUT2D eigenvalue weighted by Gasteiger charge is 2.27. The van der Waals surface area contributed by atoms with Gasteiger partial charge in [-0.15, -0.1) is 0 Å². The summed E-state index contributed by atoms with van der Waals surface area (Å²) in [6, 6.07) is 13.9. The first-order valence-corrected chi connectivity index (χ1v) is 15.4. The van der Waals surface area contributed by atoms with E-state index in [-0.39, 0.29) is 22.4 Å². The number of hydrogen-bond acceptors (Lipinski definition) is 12. The Kier molecular flexibility index (Phi) is 8.61. The molecule has 0 bridgehead atoms. The molecule has 4 aromatic rings. The van der Waals surface area contributed by atoms with Gasteiger partial charge in [0.15, 0.2) is 32.4 Å². The number of nitrogens with one attached hydrogen (secondary N) is 2. The van der Waals surface area contributed by atoms with E-state index in [9.17, 15) is 18.5 Å². The number of aryl methyl sites for hydroxylation is 1. The minimum absolute atomic E-state index is 0.0522. The normalized spacial score (nSPS) is 15.4. The van der Waals surface area contributed by atoms with E-state index < -0.39 is 14.8 Å². The predicted octanol–water partition coefficient (Wildman–Crippen LogP) is 4.52. The van der Waals surface area contributed by atoms with Crippen LogP contribution in [-0.2, 0) is 20.3 Å². The average molecular weight is 612 g/mol. The van der Waals surface area contributed by atoms with Crippen molar-refractivity contribution in [1.82, 2.24) is 20.2 Å². The molecule has 1 unspecified atom stereocenters. The first-order chi connectivity index (χ1) is 20.1. The Balaban J connectivity index is 1.42. The van der Waals surface area contributed by atoms with Gasteiger partial charge < -0.3 is 19.7 Å². The highest BCUT2D eigenvalue weighted by Crippen LogP contribution is 2.39. The Hall–Kier alpha value is -4.21. The molecule has 1 aliphatic rings. The summed E-state index contributed by atoms with van der Waals surface area (Å²) >= 11 is 1.27. The quantitative estimate of drug-likeness (QED) is 0.146. The summed E-state index contributed by atoms with van der Waals surface area (Å²) in [7, 11) is -2.18. The zero-order valence-corrected chi connectivity index (χ0v) is 24.7. The minimum atomic E-state index is -3.74. The number of hydrogen-bond donors (Lipinski definition) is 2. The van der Waals surface area contributed by atoms with E-state index in [2.05, 4.69) is 20.4 Å². The van der Waals surface area contributed by atoms with Crippen molar-refractivity contribution in [2.24, 2.45) is 0 Å². The Labute approximate surface area is 246 Å². The molecule has 0 radical (unpaired) electrons. The summed E-state index contributed by atoms with van der Waals surface area (Å²) in [5.41, 5.74) is 1.06. The number of sulfone groups is 1. The molecule has 5 rings (SSSR count). The molecule has 1 saturated heterocycles. The van der Waals surface area contributed by atoms with Crippen molar-refractivity contribution in [2.45, 2.75) is 40.6 Å². The molecule has 1 fully saturated rings. The molecule has 1 atom stereocenters. The number of nitro benzene ring substituents is 1. The standard InChI is InChI=1S/C27H29N7O6S2/c1-17-13-23(32-31-17)28-25-24(39-3)26(33-11-12-40-15-18(33)2)30-27(29-25)41-21-7-9-22(10-8-21)42(37,38)16-19-5-4-6-20(14-19)34(35)36/h4-10,13-14,18H,11-12,15-16H2,1-3H3,(H2,28,29,30,31,32). The van der Waals surface area contributed by atoms with Crippen molar-refractivity contribution in [3.63, 3.8) is 0 Å². The van der Waals surface area contributed by atoms with E-state index in [0.29, 0.717) is 53.7 Å². The van der Waals surface area contributed by atoms with Crippen LogP contribution in [0.2, 0.25) is 0 Å². The van der Waals surface area contributed by atoms with E-state index >= 15 is 0 Å². The lowest BCUT2D eigenvalue weighted by Crippen LogP contribution is -2.44. The van der Waals surface area contributed by atoms with Gasteiger partial charge in [-0.3, -0.25) is 15.2 Å². The molecular formula is C27H29N7O6S2. The lowest BCUT2D eigenvalue weighted by molar-refractivity contribution is -0.384. The Morgan fingerprint density at radius 1 is 1.21 bits per heavy atom. The number of anilines is 3. The van der Waals surface area contributed by atoms with Crippen molar-refractivity contribution in [2.75, 3.05) is 37.1 Å². The SMILES string of the molecule is COc1c(Nc2cc(C)[nH]n2)nc(Sc2ccc(S(=O)(=O)Cc3cccc([N+](=O)[O-])c3)cc2)nc1N1CCOCC1C. The second kappa shape index (κ2) is 12.3. The van der Waals surface area contributed by atoms with Gasteiger partial charge in [0.25, 0.3) is 5.69 Å². The Morgan fingerprint density at radius 3 is 2.67 bits per heavy atom. The van der Waals surface area contributed by atoms with E-state index in [1.165, 1.54) is 42.1 Å². The van der Waals surface area contributed by atoms with Crippen LogP contribution in [0.4, 0.5) is 23.1 Å². The van der Waals surface area contributed by atoms with E-state index in [0.717, 1.165) is 10.6 Å². The number of benzene rings is 2. The van der Waals surface area contributed by atoms with Gasteiger partial charge in [0, 0.05) is 35.3 Å². The summed E-state index contributed by atoms with van der Waals surface area (Å²) in [5.74, 6) is 1.73. The largest absolute Gasteiger partial charge is 0.490 e. The smallest absolute Gasteiger partial charge is 0.269 e. The summed E-state index contributed by atoms with van der Waals surface area (Å²) in [5, 5.41) is 21.9. The van der Waals surface area contributed by atoms with Crippen molar-refractivity contribution in [3.05, 3.63) is 76.0 Å².